The van der Waals surface area contributed by atoms with Crippen molar-refractivity contribution in [2.24, 2.45) is 11.1 Å². The molecule has 0 bridgehead atoms. The van der Waals surface area contributed by atoms with Gasteiger partial charge in [0.2, 0.25) is 5.91 Å². The summed E-state index contributed by atoms with van der Waals surface area (Å²) < 4.78 is 5.60. The summed E-state index contributed by atoms with van der Waals surface area (Å²) in [4.78, 5) is 14.4. The van der Waals surface area contributed by atoms with E-state index < -0.39 is 0 Å². The van der Waals surface area contributed by atoms with Crippen molar-refractivity contribution < 1.29 is 9.53 Å². The zero-order valence-electron chi connectivity index (χ0n) is 10.8. The summed E-state index contributed by atoms with van der Waals surface area (Å²) in [6.45, 7) is 4.98. The monoisotopic (exact) mass is 240 g/mol. The normalized spacial score (nSPS) is 24.5. The third-order valence-electron chi connectivity index (χ3n) is 4.29. The van der Waals surface area contributed by atoms with Crippen molar-refractivity contribution in [1.29, 1.82) is 0 Å². The second kappa shape index (κ2) is 5.36. The Morgan fingerprint density at radius 2 is 2.06 bits per heavy atom. The van der Waals surface area contributed by atoms with Gasteiger partial charge in [-0.2, -0.15) is 0 Å². The summed E-state index contributed by atoms with van der Waals surface area (Å²) in [5, 5.41) is 0. The minimum Gasteiger partial charge on any atom is -0.378 e. The molecule has 2 N–H and O–H groups in total. The van der Waals surface area contributed by atoms with Crippen LogP contribution in [0, 0.1) is 5.41 Å². The average molecular weight is 240 g/mol. The Hall–Kier alpha value is -0.610. The van der Waals surface area contributed by atoms with E-state index in [0.29, 0.717) is 18.6 Å². The maximum atomic E-state index is 12.4. The molecule has 0 atom stereocenters. The Kier molecular flexibility index (Phi) is 4.05. The molecule has 2 fully saturated rings. The van der Waals surface area contributed by atoms with Crippen LogP contribution < -0.4 is 5.73 Å². The van der Waals surface area contributed by atoms with Crippen LogP contribution in [0.1, 0.15) is 39.0 Å². The van der Waals surface area contributed by atoms with Gasteiger partial charge in [0, 0.05) is 26.2 Å². The van der Waals surface area contributed by atoms with Gasteiger partial charge in [0.15, 0.2) is 0 Å². The molecule has 0 aromatic rings. The molecule has 0 aromatic carbocycles. The third-order valence-corrected chi connectivity index (χ3v) is 4.29. The molecule has 2 aliphatic rings. The van der Waals surface area contributed by atoms with Crippen molar-refractivity contribution in [1.82, 2.24) is 4.90 Å². The van der Waals surface area contributed by atoms with Crippen LogP contribution >= 0.6 is 0 Å². The van der Waals surface area contributed by atoms with E-state index in [1.807, 2.05) is 11.8 Å². The molecule has 1 saturated carbocycles. The van der Waals surface area contributed by atoms with E-state index in [-0.39, 0.29) is 5.41 Å². The minimum absolute atomic E-state index is 0.210. The Morgan fingerprint density at radius 1 is 1.41 bits per heavy atom. The molecule has 1 saturated heterocycles. The summed E-state index contributed by atoms with van der Waals surface area (Å²) in [5.41, 5.74) is 5.57. The van der Waals surface area contributed by atoms with Crippen molar-refractivity contribution in [2.75, 3.05) is 26.2 Å². The Morgan fingerprint density at radius 3 is 2.47 bits per heavy atom. The van der Waals surface area contributed by atoms with E-state index in [2.05, 4.69) is 0 Å². The van der Waals surface area contributed by atoms with Crippen LogP contribution in [0.3, 0.4) is 0 Å². The highest BCUT2D eigenvalue weighted by Crippen LogP contribution is 2.42. The van der Waals surface area contributed by atoms with Crippen LogP contribution in [0.15, 0.2) is 0 Å². The van der Waals surface area contributed by atoms with E-state index in [4.69, 9.17) is 10.5 Å². The molecule has 1 heterocycles. The number of carbonyl (C=O) groups excluding carboxylic acids is 1. The first-order chi connectivity index (χ1) is 8.22. The van der Waals surface area contributed by atoms with Crippen molar-refractivity contribution in [3.05, 3.63) is 0 Å². The smallest absolute Gasteiger partial charge is 0.230 e. The molecule has 2 rings (SSSR count). The SMILES string of the molecule is CCOC1CCN(C(=O)C2(CN)CCC2)CC1. The maximum absolute atomic E-state index is 12.4. The molecular formula is C13H24N2O2. The molecule has 4 nitrogen and oxygen atoms in total. The number of nitrogens with two attached hydrogens (primary N) is 1. The van der Waals surface area contributed by atoms with E-state index in [1.165, 1.54) is 0 Å². The zero-order chi connectivity index (χ0) is 12.3. The first kappa shape index (κ1) is 12.8. The number of hydrogen-bond donors (Lipinski definition) is 1. The van der Waals surface area contributed by atoms with Gasteiger partial charge < -0.3 is 15.4 Å². The van der Waals surface area contributed by atoms with Crippen molar-refractivity contribution >= 4 is 5.91 Å². The number of carbonyl (C=O) groups is 1. The minimum atomic E-state index is -0.210. The van der Waals surface area contributed by atoms with Gasteiger partial charge in [-0.1, -0.05) is 6.42 Å². The number of ether oxygens (including phenoxy) is 1. The predicted molar refractivity (Wildman–Crippen MR) is 66.6 cm³/mol. The number of likely N-dealkylation sites (tertiary alicyclic amines) is 1. The van der Waals surface area contributed by atoms with Gasteiger partial charge in [0.05, 0.1) is 11.5 Å². The molecule has 1 aliphatic carbocycles. The molecule has 0 unspecified atom stereocenters. The second-order valence-electron chi connectivity index (χ2n) is 5.28. The van der Waals surface area contributed by atoms with Gasteiger partial charge >= 0.3 is 0 Å². The van der Waals surface area contributed by atoms with Crippen LogP contribution in [0.4, 0.5) is 0 Å². The van der Waals surface area contributed by atoms with Crippen molar-refractivity contribution in [2.45, 2.75) is 45.1 Å². The van der Waals surface area contributed by atoms with Crippen LogP contribution in [-0.2, 0) is 9.53 Å². The number of piperidine rings is 1. The highest BCUT2D eigenvalue weighted by atomic mass is 16.5. The second-order valence-corrected chi connectivity index (χ2v) is 5.28. The van der Waals surface area contributed by atoms with Crippen LogP contribution in [0.5, 0.6) is 0 Å². The first-order valence-corrected chi connectivity index (χ1v) is 6.83. The standard InChI is InChI=1S/C13H24N2O2/c1-2-17-11-4-8-15(9-5-11)12(16)13(10-14)6-3-7-13/h11H,2-10,14H2,1H3. The summed E-state index contributed by atoms with van der Waals surface area (Å²) in [6, 6.07) is 0. The zero-order valence-corrected chi connectivity index (χ0v) is 10.8. The predicted octanol–water partition coefficient (Wildman–Crippen LogP) is 1.14. The fourth-order valence-corrected chi connectivity index (χ4v) is 2.91. The lowest BCUT2D eigenvalue weighted by atomic mass is 9.67. The molecule has 17 heavy (non-hydrogen) atoms. The summed E-state index contributed by atoms with van der Waals surface area (Å²) >= 11 is 0. The quantitative estimate of drug-likeness (QED) is 0.802. The molecule has 0 radical (unpaired) electrons. The number of nitrogens with zero attached hydrogens (tertiary/aromatic N) is 1. The average Bonchev–Trinajstić information content (AvgIpc) is 2.29. The molecule has 98 valence electrons. The van der Waals surface area contributed by atoms with E-state index in [1.54, 1.807) is 0 Å². The van der Waals surface area contributed by atoms with Crippen LogP contribution in [0.25, 0.3) is 0 Å². The highest BCUT2D eigenvalue weighted by Gasteiger charge is 2.45. The third kappa shape index (κ3) is 2.47. The maximum Gasteiger partial charge on any atom is 0.230 e. The van der Waals surface area contributed by atoms with Gasteiger partial charge in [0.1, 0.15) is 0 Å². The topological polar surface area (TPSA) is 55.6 Å². The fraction of sp³-hybridized carbons (Fsp3) is 0.923. The van der Waals surface area contributed by atoms with Crippen LogP contribution in [-0.4, -0.2) is 43.2 Å². The lowest BCUT2D eigenvalue weighted by Gasteiger charge is -2.44. The molecule has 1 aliphatic heterocycles. The Bertz CT molecular complexity index is 263. The van der Waals surface area contributed by atoms with Gasteiger partial charge in [-0.3, -0.25) is 4.79 Å². The van der Waals surface area contributed by atoms with Gasteiger partial charge in [-0.15, -0.1) is 0 Å². The Labute approximate surface area is 103 Å². The summed E-state index contributed by atoms with van der Waals surface area (Å²) in [6.07, 6.45) is 5.40. The molecule has 0 spiro atoms. The number of rotatable bonds is 4. The van der Waals surface area contributed by atoms with Gasteiger partial charge in [-0.05, 0) is 32.6 Å². The molecular weight excluding hydrogens is 216 g/mol. The van der Waals surface area contributed by atoms with Gasteiger partial charge in [0.25, 0.3) is 0 Å². The van der Waals surface area contributed by atoms with Gasteiger partial charge in [-0.25, -0.2) is 0 Å². The molecule has 0 aromatic heterocycles. The summed E-state index contributed by atoms with van der Waals surface area (Å²) in [7, 11) is 0. The fourth-order valence-electron chi connectivity index (χ4n) is 2.91. The largest absolute Gasteiger partial charge is 0.378 e. The van der Waals surface area contributed by atoms with E-state index in [9.17, 15) is 4.79 Å². The van der Waals surface area contributed by atoms with Crippen LogP contribution in [0.2, 0.25) is 0 Å². The summed E-state index contributed by atoms with van der Waals surface area (Å²) in [5.74, 6) is 0.293. The van der Waals surface area contributed by atoms with E-state index in [0.717, 1.165) is 51.8 Å². The molecule has 4 heteroatoms. The lowest BCUT2D eigenvalue weighted by molar-refractivity contribution is -0.149. The number of hydrogen-bond acceptors (Lipinski definition) is 3. The van der Waals surface area contributed by atoms with Crippen molar-refractivity contribution in [3.8, 4) is 0 Å². The highest BCUT2D eigenvalue weighted by molar-refractivity contribution is 5.84. The van der Waals surface area contributed by atoms with Crippen molar-refractivity contribution in [3.63, 3.8) is 0 Å². The molecule has 1 amide bonds. The lowest BCUT2D eigenvalue weighted by Crippen LogP contribution is -2.54. The Balaban J connectivity index is 1.86. The van der Waals surface area contributed by atoms with E-state index >= 15 is 0 Å². The number of amides is 1. The first-order valence-electron chi connectivity index (χ1n) is 6.83.